The van der Waals surface area contributed by atoms with Crippen molar-refractivity contribution >= 4 is 28.4 Å². The van der Waals surface area contributed by atoms with E-state index in [1.165, 1.54) is 0 Å². The maximum Gasteiger partial charge on any atom is 0.267 e. The van der Waals surface area contributed by atoms with Crippen LogP contribution in [0.15, 0.2) is 79.1 Å². The van der Waals surface area contributed by atoms with Gasteiger partial charge in [0, 0.05) is 41.3 Å². The number of nitrogens with one attached hydrogen (secondary N) is 1. The number of nitrogens with zero attached hydrogens (tertiary/aromatic N) is 3. The molecule has 2 amide bonds. The van der Waals surface area contributed by atoms with E-state index in [0.717, 1.165) is 27.8 Å². The van der Waals surface area contributed by atoms with Crippen LogP contribution in [0.25, 0.3) is 10.9 Å². The number of hydrogen-bond donors (Lipinski definition) is 2. The molecule has 5 rings (SSSR count). The van der Waals surface area contributed by atoms with Crippen molar-refractivity contribution in [3.63, 3.8) is 0 Å². The van der Waals surface area contributed by atoms with Gasteiger partial charge in [-0.15, -0.1) is 0 Å². The minimum atomic E-state index is -0.811. The fourth-order valence-electron chi connectivity index (χ4n) is 4.77. The van der Waals surface area contributed by atoms with Crippen LogP contribution in [0.4, 0.5) is 5.69 Å². The molecule has 2 aromatic carbocycles. The van der Waals surface area contributed by atoms with E-state index >= 15 is 0 Å². The third kappa shape index (κ3) is 4.48. The van der Waals surface area contributed by atoms with Crippen molar-refractivity contribution in [2.24, 2.45) is 5.92 Å². The molecule has 1 saturated heterocycles. The van der Waals surface area contributed by atoms with E-state index in [4.69, 9.17) is 4.74 Å². The van der Waals surface area contributed by atoms with Crippen LogP contribution in [-0.2, 0) is 16.2 Å². The Balaban J connectivity index is 1.29. The van der Waals surface area contributed by atoms with Crippen molar-refractivity contribution in [2.45, 2.75) is 26.0 Å². The number of hydroxylamine groups is 1. The molecule has 0 aliphatic carbocycles. The highest BCUT2D eigenvalue weighted by Gasteiger charge is 2.42. The molecule has 1 aliphatic heterocycles. The number of benzene rings is 2. The molecule has 2 aromatic heterocycles. The first-order chi connectivity index (χ1) is 17.0. The number of pyridine rings is 1. The molecule has 8 nitrogen and oxygen atoms in total. The molecular weight excluding hydrogens is 444 g/mol. The van der Waals surface area contributed by atoms with Gasteiger partial charge in [-0.1, -0.05) is 18.2 Å². The van der Waals surface area contributed by atoms with Crippen molar-refractivity contribution in [2.75, 3.05) is 11.4 Å². The Labute approximate surface area is 202 Å². The van der Waals surface area contributed by atoms with Crippen molar-refractivity contribution in [3.8, 4) is 5.75 Å². The number of carbonyl (C=O) groups is 2. The van der Waals surface area contributed by atoms with Crippen LogP contribution >= 0.6 is 0 Å². The molecule has 3 heterocycles. The van der Waals surface area contributed by atoms with E-state index in [-0.39, 0.29) is 5.91 Å². The molecule has 178 valence electrons. The highest BCUT2D eigenvalue weighted by atomic mass is 16.5. The smallest absolute Gasteiger partial charge is 0.267 e. The molecule has 35 heavy (non-hydrogen) atoms. The molecule has 1 aliphatic rings. The van der Waals surface area contributed by atoms with Gasteiger partial charge in [0.05, 0.1) is 11.4 Å². The topological polar surface area (TPSA) is 96.7 Å². The van der Waals surface area contributed by atoms with Crippen LogP contribution in [0.3, 0.4) is 0 Å². The summed E-state index contributed by atoms with van der Waals surface area (Å²) in [5.41, 5.74) is 5.39. The van der Waals surface area contributed by atoms with E-state index in [1.807, 2.05) is 61.5 Å². The van der Waals surface area contributed by atoms with Crippen molar-refractivity contribution < 1.29 is 19.5 Å². The number of rotatable bonds is 7. The lowest BCUT2D eigenvalue weighted by molar-refractivity contribution is -0.137. The molecule has 0 unspecified atom stereocenters. The molecule has 8 heteroatoms. The van der Waals surface area contributed by atoms with E-state index in [9.17, 15) is 14.8 Å². The molecule has 0 saturated carbocycles. The van der Waals surface area contributed by atoms with Gasteiger partial charge in [0.25, 0.3) is 5.91 Å². The van der Waals surface area contributed by atoms with Crippen LogP contribution in [0.1, 0.15) is 23.7 Å². The third-order valence-corrected chi connectivity index (χ3v) is 6.43. The Morgan fingerprint density at radius 1 is 1.14 bits per heavy atom. The SMILES string of the molecule is Cc1cc(COc2ccc(N3CC[C@H]([C@@H](C(=O)NO)n4cccc4)C3=O)cc2)c2ccccc2n1. The largest absolute Gasteiger partial charge is 0.489 e. The van der Waals surface area contributed by atoms with Gasteiger partial charge in [-0.3, -0.25) is 19.8 Å². The number of hydrogen-bond acceptors (Lipinski definition) is 5. The normalized spacial score (nSPS) is 16.5. The standard InChI is InChI=1S/C27H26N4O4/c1-18-16-19(22-6-2-3-7-24(22)28-18)17-35-21-10-8-20(9-11-21)31-15-12-23(27(31)33)25(26(32)29-34)30-13-4-5-14-30/h2-11,13-14,16,23,25,34H,12,15,17H2,1H3,(H,29,32)/t23-,25+/m1/s1. The highest BCUT2D eigenvalue weighted by Crippen LogP contribution is 2.33. The minimum Gasteiger partial charge on any atom is -0.489 e. The third-order valence-electron chi connectivity index (χ3n) is 6.43. The summed E-state index contributed by atoms with van der Waals surface area (Å²) in [5.74, 6) is -0.641. The summed E-state index contributed by atoms with van der Waals surface area (Å²) in [6.07, 6.45) is 3.94. The van der Waals surface area contributed by atoms with Gasteiger partial charge in [-0.2, -0.15) is 0 Å². The number of ether oxygens (including phenoxy) is 1. The Kier molecular flexibility index (Phi) is 6.20. The fourth-order valence-corrected chi connectivity index (χ4v) is 4.77. The van der Waals surface area contributed by atoms with E-state index in [0.29, 0.717) is 25.3 Å². The summed E-state index contributed by atoms with van der Waals surface area (Å²) in [4.78, 5) is 31.8. The second-order valence-corrected chi connectivity index (χ2v) is 8.66. The average Bonchev–Trinajstić information content (AvgIpc) is 3.54. The second-order valence-electron chi connectivity index (χ2n) is 8.66. The first kappa shape index (κ1) is 22.6. The lowest BCUT2D eigenvalue weighted by Crippen LogP contribution is -2.38. The Morgan fingerprint density at radius 3 is 2.63 bits per heavy atom. The van der Waals surface area contributed by atoms with Gasteiger partial charge in [0.2, 0.25) is 5.91 Å². The van der Waals surface area contributed by atoms with Gasteiger partial charge >= 0.3 is 0 Å². The number of para-hydroxylation sites is 1. The summed E-state index contributed by atoms with van der Waals surface area (Å²) in [5, 5.41) is 10.3. The average molecular weight is 471 g/mol. The van der Waals surface area contributed by atoms with Crippen LogP contribution in [0.5, 0.6) is 5.75 Å². The number of amides is 2. The van der Waals surface area contributed by atoms with E-state index in [1.54, 1.807) is 39.5 Å². The number of aromatic nitrogens is 2. The molecule has 1 fully saturated rings. The van der Waals surface area contributed by atoms with Crippen molar-refractivity contribution in [3.05, 3.63) is 90.4 Å². The fraction of sp³-hybridized carbons (Fsp3) is 0.222. The van der Waals surface area contributed by atoms with E-state index in [2.05, 4.69) is 4.98 Å². The lowest BCUT2D eigenvalue weighted by atomic mass is 9.97. The zero-order valence-corrected chi connectivity index (χ0v) is 19.3. The quantitative estimate of drug-likeness (QED) is 0.314. The van der Waals surface area contributed by atoms with Crippen LogP contribution in [-0.4, -0.2) is 33.1 Å². The maximum absolute atomic E-state index is 13.2. The summed E-state index contributed by atoms with van der Waals surface area (Å²) in [7, 11) is 0. The monoisotopic (exact) mass is 470 g/mol. The molecule has 0 radical (unpaired) electrons. The second kappa shape index (κ2) is 9.60. The summed E-state index contributed by atoms with van der Waals surface area (Å²) < 4.78 is 7.69. The Morgan fingerprint density at radius 2 is 1.89 bits per heavy atom. The number of anilines is 1. The first-order valence-corrected chi connectivity index (χ1v) is 11.5. The van der Waals surface area contributed by atoms with E-state index < -0.39 is 17.9 Å². The van der Waals surface area contributed by atoms with Crippen molar-refractivity contribution in [1.29, 1.82) is 0 Å². The summed E-state index contributed by atoms with van der Waals surface area (Å²) in [6, 6.07) is 20.2. The van der Waals surface area contributed by atoms with Crippen LogP contribution in [0, 0.1) is 12.8 Å². The Hall–Kier alpha value is -4.17. The van der Waals surface area contributed by atoms with Crippen molar-refractivity contribution in [1.82, 2.24) is 15.0 Å². The van der Waals surface area contributed by atoms with Crippen LogP contribution in [0.2, 0.25) is 0 Å². The predicted octanol–water partition coefficient (Wildman–Crippen LogP) is 4.02. The number of fused-ring (bicyclic) bond motifs is 1. The van der Waals surface area contributed by atoms with Gasteiger partial charge in [0.15, 0.2) is 0 Å². The first-order valence-electron chi connectivity index (χ1n) is 11.5. The highest BCUT2D eigenvalue weighted by molar-refractivity contribution is 6.00. The lowest BCUT2D eigenvalue weighted by Gasteiger charge is -2.23. The van der Waals surface area contributed by atoms with Crippen LogP contribution < -0.4 is 15.1 Å². The molecule has 2 N–H and O–H groups in total. The van der Waals surface area contributed by atoms with Gasteiger partial charge in [-0.25, -0.2) is 5.48 Å². The zero-order valence-electron chi connectivity index (χ0n) is 19.3. The van der Waals surface area contributed by atoms with Gasteiger partial charge in [0.1, 0.15) is 18.4 Å². The minimum absolute atomic E-state index is 0.153. The number of carbonyl (C=O) groups excluding carboxylic acids is 2. The molecule has 4 aromatic rings. The zero-order chi connectivity index (χ0) is 24.4. The molecule has 0 bridgehead atoms. The van der Waals surface area contributed by atoms with Gasteiger partial charge in [-0.05, 0) is 61.9 Å². The maximum atomic E-state index is 13.2. The summed E-state index contributed by atoms with van der Waals surface area (Å²) >= 11 is 0. The molecule has 0 spiro atoms. The molecule has 2 atom stereocenters. The predicted molar refractivity (Wildman–Crippen MR) is 131 cm³/mol. The number of aryl methyl sites for hydroxylation is 1. The van der Waals surface area contributed by atoms with Gasteiger partial charge < -0.3 is 14.2 Å². The summed E-state index contributed by atoms with van der Waals surface area (Å²) in [6.45, 7) is 2.86. The molecular formula is C27H26N4O4. The Bertz CT molecular complexity index is 1350.